The van der Waals surface area contributed by atoms with Gasteiger partial charge in [0.05, 0.1) is 17.8 Å². The Morgan fingerprint density at radius 1 is 1.30 bits per heavy atom. The molecule has 0 aliphatic rings. The number of carbonyl (C=O) groups is 2. The zero-order valence-electron chi connectivity index (χ0n) is 12.4. The van der Waals surface area contributed by atoms with Gasteiger partial charge in [0.25, 0.3) is 0 Å². The topological polar surface area (TPSA) is 69.6 Å². The zero-order chi connectivity index (χ0) is 15.3. The highest BCUT2D eigenvalue weighted by atomic mass is 16.3. The molecular formula is C15H22N2O3. The molecule has 0 heterocycles. The van der Waals surface area contributed by atoms with E-state index in [9.17, 15) is 14.7 Å². The minimum atomic E-state index is -0.855. The predicted octanol–water partition coefficient (Wildman–Crippen LogP) is 1.53. The minimum absolute atomic E-state index is 0.0919. The summed E-state index contributed by atoms with van der Waals surface area (Å²) in [5.74, 6) is -0.309. The SMILES string of the molecule is CC(=O)c1ccccc1NC(=O)CN(C)CC(C)(C)O. The number of aliphatic hydroxyl groups is 1. The number of nitrogens with zero attached hydrogens (tertiary/aromatic N) is 1. The maximum absolute atomic E-state index is 11.9. The molecule has 0 aromatic heterocycles. The number of Topliss-reactive ketones (excluding diaryl/α,β-unsaturated/α-hetero) is 1. The number of anilines is 1. The summed E-state index contributed by atoms with van der Waals surface area (Å²) in [7, 11) is 1.76. The van der Waals surface area contributed by atoms with Crippen LogP contribution in [0, 0.1) is 0 Å². The van der Waals surface area contributed by atoms with Crippen LogP contribution in [0.5, 0.6) is 0 Å². The summed E-state index contributed by atoms with van der Waals surface area (Å²) in [4.78, 5) is 25.1. The normalized spacial score (nSPS) is 11.5. The van der Waals surface area contributed by atoms with Crippen LogP contribution in [0.4, 0.5) is 5.69 Å². The third kappa shape index (κ3) is 5.50. The molecule has 1 aromatic carbocycles. The molecule has 5 heteroatoms. The molecule has 0 saturated carbocycles. The fourth-order valence-electron chi connectivity index (χ4n) is 2.05. The van der Waals surface area contributed by atoms with Gasteiger partial charge in [-0.05, 0) is 40.0 Å². The van der Waals surface area contributed by atoms with E-state index in [0.29, 0.717) is 17.8 Å². The number of rotatable bonds is 6. The summed E-state index contributed by atoms with van der Waals surface area (Å²) in [5, 5.41) is 12.4. The van der Waals surface area contributed by atoms with E-state index in [1.54, 1.807) is 50.1 Å². The molecule has 0 fully saturated rings. The average molecular weight is 278 g/mol. The summed E-state index contributed by atoms with van der Waals surface area (Å²) in [5.41, 5.74) is 0.152. The number of benzene rings is 1. The van der Waals surface area contributed by atoms with Crippen molar-refractivity contribution in [2.24, 2.45) is 0 Å². The van der Waals surface area contributed by atoms with E-state index in [0.717, 1.165) is 0 Å². The molecule has 0 spiro atoms. The number of carbonyl (C=O) groups excluding carboxylic acids is 2. The first kappa shape index (κ1) is 16.3. The number of hydrogen-bond donors (Lipinski definition) is 2. The molecule has 2 N–H and O–H groups in total. The molecular weight excluding hydrogens is 256 g/mol. The molecule has 0 radical (unpaired) electrons. The molecule has 1 rings (SSSR count). The van der Waals surface area contributed by atoms with Crippen LogP contribution < -0.4 is 5.32 Å². The van der Waals surface area contributed by atoms with Gasteiger partial charge in [0.15, 0.2) is 5.78 Å². The van der Waals surface area contributed by atoms with Crippen LogP contribution in [0.1, 0.15) is 31.1 Å². The van der Waals surface area contributed by atoms with Crippen molar-refractivity contribution < 1.29 is 14.7 Å². The number of ketones is 1. The number of nitrogens with one attached hydrogen (secondary N) is 1. The van der Waals surface area contributed by atoms with Crippen LogP contribution in [-0.2, 0) is 4.79 Å². The Bertz CT molecular complexity index is 492. The second-order valence-electron chi connectivity index (χ2n) is 5.63. The van der Waals surface area contributed by atoms with Gasteiger partial charge in [0.2, 0.25) is 5.91 Å². The average Bonchev–Trinajstić information content (AvgIpc) is 2.26. The van der Waals surface area contributed by atoms with E-state index in [4.69, 9.17) is 0 Å². The second kappa shape index (κ2) is 6.63. The Labute approximate surface area is 119 Å². The Kier molecular flexibility index (Phi) is 5.42. The summed E-state index contributed by atoms with van der Waals surface area (Å²) >= 11 is 0. The molecule has 0 saturated heterocycles. The van der Waals surface area contributed by atoms with E-state index in [1.165, 1.54) is 6.92 Å². The first-order chi connectivity index (χ1) is 9.19. The standard InChI is InChI=1S/C15H22N2O3/c1-11(18)12-7-5-6-8-13(12)16-14(19)9-17(4)10-15(2,3)20/h5-8,20H,9-10H2,1-4H3,(H,16,19). The van der Waals surface area contributed by atoms with E-state index >= 15 is 0 Å². The lowest BCUT2D eigenvalue weighted by Gasteiger charge is -2.24. The lowest BCUT2D eigenvalue weighted by atomic mass is 10.1. The third-order valence-electron chi connectivity index (χ3n) is 2.65. The van der Waals surface area contributed by atoms with Crippen molar-refractivity contribution in [1.29, 1.82) is 0 Å². The molecule has 5 nitrogen and oxygen atoms in total. The smallest absolute Gasteiger partial charge is 0.238 e. The quantitative estimate of drug-likeness (QED) is 0.774. The van der Waals surface area contributed by atoms with Crippen molar-refractivity contribution in [2.75, 3.05) is 25.5 Å². The van der Waals surface area contributed by atoms with E-state index in [-0.39, 0.29) is 18.2 Å². The van der Waals surface area contributed by atoms with Crippen LogP contribution in [0.15, 0.2) is 24.3 Å². The van der Waals surface area contributed by atoms with E-state index < -0.39 is 5.60 Å². The third-order valence-corrected chi connectivity index (χ3v) is 2.65. The van der Waals surface area contributed by atoms with Gasteiger partial charge in [0.1, 0.15) is 0 Å². The molecule has 20 heavy (non-hydrogen) atoms. The van der Waals surface area contributed by atoms with Crippen molar-refractivity contribution in [2.45, 2.75) is 26.4 Å². The molecule has 0 unspecified atom stereocenters. The minimum Gasteiger partial charge on any atom is -0.389 e. The Balaban J connectivity index is 2.66. The second-order valence-corrected chi connectivity index (χ2v) is 5.63. The molecule has 110 valence electrons. The van der Waals surface area contributed by atoms with Gasteiger partial charge >= 0.3 is 0 Å². The van der Waals surface area contributed by atoms with Gasteiger partial charge in [-0.3, -0.25) is 14.5 Å². The monoisotopic (exact) mass is 278 g/mol. The van der Waals surface area contributed by atoms with Crippen molar-refractivity contribution in [1.82, 2.24) is 4.90 Å². The fraction of sp³-hybridized carbons (Fsp3) is 0.467. The molecule has 0 aliphatic carbocycles. The van der Waals surface area contributed by atoms with E-state index in [2.05, 4.69) is 5.32 Å². The molecule has 1 aromatic rings. The van der Waals surface area contributed by atoms with Gasteiger partial charge in [-0.2, -0.15) is 0 Å². The maximum atomic E-state index is 11.9. The highest BCUT2D eigenvalue weighted by molar-refractivity contribution is 6.04. The van der Waals surface area contributed by atoms with Crippen LogP contribution >= 0.6 is 0 Å². The first-order valence-corrected chi connectivity index (χ1v) is 6.50. The summed E-state index contributed by atoms with van der Waals surface area (Å²) in [6.45, 7) is 5.37. The van der Waals surface area contributed by atoms with Gasteiger partial charge in [-0.1, -0.05) is 12.1 Å². The first-order valence-electron chi connectivity index (χ1n) is 6.50. The predicted molar refractivity (Wildman–Crippen MR) is 78.9 cm³/mol. The van der Waals surface area contributed by atoms with Crippen LogP contribution in [0.2, 0.25) is 0 Å². The van der Waals surface area contributed by atoms with Gasteiger partial charge < -0.3 is 10.4 Å². The summed E-state index contributed by atoms with van der Waals surface area (Å²) < 4.78 is 0. The lowest BCUT2D eigenvalue weighted by molar-refractivity contribution is -0.117. The summed E-state index contributed by atoms with van der Waals surface area (Å²) in [6.07, 6.45) is 0. The van der Waals surface area contributed by atoms with Crippen LogP contribution in [0.3, 0.4) is 0 Å². The largest absolute Gasteiger partial charge is 0.389 e. The molecule has 0 aliphatic heterocycles. The Hall–Kier alpha value is -1.72. The highest BCUT2D eigenvalue weighted by Crippen LogP contribution is 2.15. The van der Waals surface area contributed by atoms with Crippen molar-refractivity contribution in [3.63, 3.8) is 0 Å². The van der Waals surface area contributed by atoms with Gasteiger partial charge in [0, 0.05) is 12.1 Å². The van der Waals surface area contributed by atoms with Gasteiger partial charge in [-0.25, -0.2) is 0 Å². The fourth-order valence-corrected chi connectivity index (χ4v) is 2.05. The molecule has 1 amide bonds. The number of likely N-dealkylation sites (N-methyl/N-ethyl adjacent to an activating group) is 1. The zero-order valence-corrected chi connectivity index (χ0v) is 12.4. The van der Waals surface area contributed by atoms with Crippen LogP contribution in [0.25, 0.3) is 0 Å². The van der Waals surface area contributed by atoms with Crippen molar-refractivity contribution >= 4 is 17.4 Å². The van der Waals surface area contributed by atoms with E-state index in [1.807, 2.05) is 0 Å². The highest BCUT2D eigenvalue weighted by Gasteiger charge is 2.18. The number of amides is 1. The maximum Gasteiger partial charge on any atom is 0.238 e. The number of hydrogen-bond acceptors (Lipinski definition) is 4. The number of para-hydroxylation sites is 1. The molecule has 0 atom stereocenters. The van der Waals surface area contributed by atoms with Crippen molar-refractivity contribution in [3.8, 4) is 0 Å². The molecule has 0 bridgehead atoms. The van der Waals surface area contributed by atoms with Gasteiger partial charge in [-0.15, -0.1) is 0 Å². The Morgan fingerprint density at radius 3 is 2.45 bits per heavy atom. The Morgan fingerprint density at radius 2 is 1.90 bits per heavy atom. The summed E-state index contributed by atoms with van der Waals surface area (Å²) in [6, 6.07) is 6.90. The lowest BCUT2D eigenvalue weighted by Crippen LogP contribution is -2.40. The van der Waals surface area contributed by atoms with Crippen LogP contribution in [-0.4, -0.2) is 47.4 Å². The van der Waals surface area contributed by atoms with Crippen molar-refractivity contribution in [3.05, 3.63) is 29.8 Å².